The summed E-state index contributed by atoms with van der Waals surface area (Å²) in [6, 6.07) is 25.0. The van der Waals surface area contributed by atoms with Crippen LogP contribution in [0.1, 0.15) is 25.0 Å². The molecule has 176 valence electrons. The molecule has 1 aliphatic rings. The molecule has 3 aromatic carbocycles. The van der Waals surface area contributed by atoms with Crippen LogP contribution in [0.3, 0.4) is 0 Å². The Kier molecular flexibility index (Phi) is 8.46. The second kappa shape index (κ2) is 11.5. The van der Waals surface area contributed by atoms with Gasteiger partial charge in [-0.1, -0.05) is 62.4 Å². The number of carbonyl (C=O) groups excluding carboxylic acids is 2. The second-order valence-electron chi connectivity index (χ2n) is 7.83. The van der Waals surface area contributed by atoms with Crippen molar-refractivity contribution in [1.82, 2.24) is 4.90 Å². The van der Waals surface area contributed by atoms with E-state index in [2.05, 4.69) is 20.9 Å². The third-order valence-corrected chi connectivity index (χ3v) is 5.68. The molecule has 3 N–H and O–H groups in total. The molecule has 6 nitrogen and oxygen atoms in total. The van der Waals surface area contributed by atoms with E-state index in [0.29, 0.717) is 12.1 Å². The van der Waals surface area contributed by atoms with Crippen molar-refractivity contribution in [3.05, 3.63) is 90.0 Å². The number of anilines is 3. The highest BCUT2D eigenvalue weighted by atomic mass is 35.5. The van der Waals surface area contributed by atoms with E-state index in [0.717, 1.165) is 47.0 Å². The number of nitrogens with one attached hydrogen (secondary N) is 3. The maximum Gasteiger partial charge on any atom is 0.258 e. The standard InChI is InChI=1S/C27H28N4O2.ClH/c1-3-31(4-2)18-24(32)28-20-14-16-21(17-15-20)29-26(19-10-6-5-7-11-19)25-22-12-8-9-13-23(22)30-27(25)33;/h5-17,29H,3-4,18H2,1-2H3,(H,28,32)(H,30,33);1H/b26-25-;. The molecular formula is C27H29ClN4O2. The minimum Gasteiger partial charge on any atom is -0.354 e. The number of amides is 2. The summed E-state index contributed by atoms with van der Waals surface area (Å²) in [5.41, 5.74) is 5.48. The Hall–Kier alpha value is -3.61. The first kappa shape index (κ1) is 25.0. The molecule has 0 unspecified atom stereocenters. The third-order valence-electron chi connectivity index (χ3n) is 5.68. The molecule has 0 radical (unpaired) electrons. The van der Waals surface area contributed by atoms with Crippen molar-refractivity contribution in [1.29, 1.82) is 0 Å². The smallest absolute Gasteiger partial charge is 0.258 e. The zero-order valence-electron chi connectivity index (χ0n) is 19.3. The number of fused-ring (bicyclic) bond motifs is 1. The average Bonchev–Trinajstić information content (AvgIpc) is 3.18. The first-order chi connectivity index (χ1) is 16.1. The molecule has 0 atom stereocenters. The lowest BCUT2D eigenvalue weighted by Gasteiger charge is -2.17. The van der Waals surface area contributed by atoms with E-state index in [1.165, 1.54) is 0 Å². The fourth-order valence-electron chi connectivity index (χ4n) is 3.88. The van der Waals surface area contributed by atoms with Gasteiger partial charge < -0.3 is 16.0 Å². The number of hydrogen-bond acceptors (Lipinski definition) is 4. The third kappa shape index (κ3) is 5.65. The first-order valence-electron chi connectivity index (χ1n) is 11.2. The van der Waals surface area contributed by atoms with Crippen molar-refractivity contribution in [2.24, 2.45) is 0 Å². The summed E-state index contributed by atoms with van der Waals surface area (Å²) in [5.74, 6) is -0.173. The lowest BCUT2D eigenvalue weighted by Crippen LogP contribution is -2.32. The zero-order valence-corrected chi connectivity index (χ0v) is 20.1. The summed E-state index contributed by atoms with van der Waals surface area (Å²) in [6.07, 6.45) is 0. The first-order valence-corrected chi connectivity index (χ1v) is 11.2. The Morgan fingerprint density at radius 2 is 1.41 bits per heavy atom. The van der Waals surface area contributed by atoms with Gasteiger partial charge in [-0.05, 0) is 49.0 Å². The summed E-state index contributed by atoms with van der Waals surface area (Å²) >= 11 is 0. The van der Waals surface area contributed by atoms with Gasteiger partial charge in [0.05, 0.1) is 17.8 Å². The van der Waals surface area contributed by atoms with Crippen LogP contribution in [-0.2, 0) is 9.59 Å². The predicted molar refractivity (Wildman–Crippen MR) is 142 cm³/mol. The van der Waals surface area contributed by atoms with E-state index < -0.39 is 0 Å². The van der Waals surface area contributed by atoms with Crippen molar-refractivity contribution < 1.29 is 9.59 Å². The fraction of sp³-hybridized carbons (Fsp3) is 0.185. The van der Waals surface area contributed by atoms with E-state index in [-0.39, 0.29) is 24.2 Å². The molecule has 0 aliphatic carbocycles. The van der Waals surface area contributed by atoms with E-state index >= 15 is 0 Å². The SMILES string of the molecule is CCN(CC)CC(=O)Nc1ccc(N/C(=C2\C(=O)Nc3ccccc32)c2ccccc2)cc1.Cl. The van der Waals surface area contributed by atoms with Gasteiger partial charge in [0.15, 0.2) is 0 Å². The number of nitrogens with zero attached hydrogens (tertiary/aromatic N) is 1. The summed E-state index contributed by atoms with van der Waals surface area (Å²) < 4.78 is 0. The maximum absolute atomic E-state index is 12.9. The highest BCUT2D eigenvalue weighted by Gasteiger charge is 2.28. The fourth-order valence-corrected chi connectivity index (χ4v) is 3.88. The van der Waals surface area contributed by atoms with Crippen LogP contribution in [0.4, 0.5) is 17.1 Å². The Morgan fingerprint density at radius 1 is 0.824 bits per heavy atom. The van der Waals surface area contributed by atoms with Gasteiger partial charge in [0.2, 0.25) is 5.91 Å². The van der Waals surface area contributed by atoms with Crippen molar-refractivity contribution in [2.45, 2.75) is 13.8 Å². The van der Waals surface area contributed by atoms with Crippen LogP contribution in [0, 0.1) is 0 Å². The Balaban J connectivity index is 0.00000324. The van der Waals surface area contributed by atoms with Crippen LogP contribution in [0.15, 0.2) is 78.9 Å². The van der Waals surface area contributed by atoms with Crippen molar-refractivity contribution in [3.63, 3.8) is 0 Å². The van der Waals surface area contributed by atoms with Crippen LogP contribution in [-0.4, -0.2) is 36.3 Å². The van der Waals surface area contributed by atoms with Gasteiger partial charge in [-0.15, -0.1) is 12.4 Å². The van der Waals surface area contributed by atoms with E-state index in [4.69, 9.17) is 0 Å². The largest absolute Gasteiger partial charge is 0.354 e. The summed E-state index contributed by atoms with van der Waals surface area (Å²) in [7, 11) is 0. The topological polar surface area (TPSA) is 73.5 Å². The quantitative estimate of drug-likeness (QED) is 0.385. The number of carbonyl (C=O) groups is 2. The number of halogens is 1. The molecule has 2 amide bonds. The van der Waals surface area contributed by atoms with Gasteiger partial charge in [-0.3, -0.25) is 14.5 Å². The van der Waals surface area contributed by atoms with Crippen molar-refractivity contribution >= 4 is 52.6 Å². The molecule has 1 aliphatic heterocycles. The normalized spacial score (nSPS) is 13.6. The predicted octanol–water partition coefficient (Wildman–Crippen LogP) is 5.32. The molecule has 4 rings (SSSR count). The van der Waals surface area contributed by atoms with E-state index in [1.807, 2.05) is 92.7 Å². The van der Waals surface area contributed by atoms with E-state index in [1.54, 1.807) is 0 Å². The lowest BCUT2D eigenvalue weighted by atomic mass is 10.00. The molecule has 34 heavy (non-hydrogen) atoms. The molecule has 0 spiro atoms. The minimum atomic E-state index is -0.136. The van der Waals surface area contributed by atoms with Crippen molar-refractivity contribution in [3.8, 4) is 0 Å². The molecule has 7 heteroatoms. The summed E-state index contributed by atoms with van der Waals surface area (Å²) in [4.78, 5) is 27.2. The number of para-hydroxylation sites is 1. The molecule has 1 heterocycles. The van der Waals surface area contributed by atoms with Gasteiger partial charge in [0.25, 0.3) is 5.91 Å². The number of benzene rings is 3. The Bertz CT molecular complexity index is 1170. The molecule has 0 bridgehead atoms. The van der Waals surface area contributed by atoms with Crippen molar-refractivity contribution in [2.75, 3.05) is 35.6 Å². The van der Waals surface area contributed by atoms with E-state index in [9.17, 15) is 9.59 Å². The summed E-state index contributed by atoms with van der Waals surface area (Å²) in [6.45, 7) is 6.12. The van der Waals surface area contributed by atoms with Gasteiger partial charge >= 0.3 is 0 Å². The average molecular weight is 477 g/mol. The molecule has 0 saturated heterocycles. The number of hydrogen-bond donors (Lipinski definition) is 3. The second-order valence-corrected chi connectivity index (χ2v) is 7.83. The molecule has 0 fully saturated rings. The number of likely N-dealkylation sites (N-methyl/N-ethyl adjacent to an activating group) is 1. The Morgan fingerprint density at radius 3 is 2.06 bits per heavy atom. The monoisotopic (exact) mass is 476 g/mol. The number of rotatable bonds is 8. The van der Waals surface area contributed by atoms with Gasteiger partial charge in [-0.2, -0.15) is 0 Å². The van der Waals surface area contributed by atoms with Gasteiger partial charge in [0.1, 0.15) is 0 Å². The zero-order chi connectivity index (χ0) is 23.2. The lowest BCUT2D eigenvalue weighted by molar-refractivity contribution is -0.117. The molecular weight excluding hydrogens is 448 g/mol. The highest BCUT2D eigenvalue weighted by Crippen LogP contribution is 2.37. The molecule has 0 saturated carbocycles. The minimum absolute atomic E-state index is 0. The molecule has 0 aromatic heterocycles. The van der Waals surface area contributed by atoms with Crippen LogP contribution < -0.4 is 16.0 Å². The van der Waals surface area contributed by atoms with Gasteiger partial charge in [0, 0.05) is 22.6 Å². The summed E-state index contributed by atoms with van der Waals surface area (Å²) in [5, 5.41) is 9.33. The maximum atomic E-state index is 12.9. The Labute approximate surface area is 206 Å². The van der Waals surface area contributed by atoms with Crippen LogP contribution in [0.5, 0.6) is 0 Å². The highest BCUT2D eigenvalue weighted by molar-refractivity contribution is 6.37. The van der Waals surface area contributed by atoms with Crippen LogP contribution in [0.25, 0.3) is 11.3 Å². The molecule has 3 aromatic rings. The van der Waals surface area contributed by atoms with Crippen LogP contribution >= 0.6 is 12.4 Å². The van der Waals surface area contributed by atoms with Crippen LogP contribution in [0.2, 0.25) is 0 Å². The van der Waals surface area contributed by atoms with Gasteiger partial charge in [-0.25, -0.2) is 0 Å².